The van der Waals surface area contributed by atoms with Gasteiger partial charge in [-0.15, -0.1) is 0 Å². The Bertz CT molecular complexity index is 1260. The van der Waals surface area contributed by atoms with Crippen LogP contribution in [0.1, 0.15) is 16.7 Å². The van der Waals surface area contributed by atoms with Crippen LogP contribution in [0.5, 0.6) is 5.75 Å². The second-order valence-corrected chi connectivity index (χ2v) is 8.21. The summed E-state index contributed by atoms with van der Waals surface area (Å²) in [5.74, 6) is -0.0767. The number of imide groups is 1. The summed E-state index contributed by atoms with van der Waals surface area (Å²) in [5, 5.41) is 3.27. The highest BCUT2D eigenvalue weighted by Crippen LogP contribution is 2.36. The van der Waals surface area contributed by atoms with Crippen molar-refractivity contribution >= 4 is 34.4 Å². The van der Waals surface area contributed by atoms with E-state index in [1.165, 1.54) is 4.90 Å². The molecule has 6 heteroatoms. The molecule has 1 heterocycles. The van der Waals surface area contributed by atoms with Crippen LogP contribution >= 0.6 is 0 Å². The molecule has 0 radical (unpaired) electrons. The molecule has 168 valence electrons. The number of rotatable bonds is 6. The molecule has 2 amide bonds. The van der Waals surface area contributed by atoms with Crippen LogP contribution in [0.2, 0.25) is 0 Å². The first-order valence-corrected chi connectivity index (χ1v) is 10.7. The van der Waals surface area contributed by atoms with E-state index in [-0.39, 0.29) is 17.5 Å². The van der Waals surface area contributed by atoms with Crippen molar-refractivity contribution < 1.29 is 14.3 Å². The van der Waals surface area contributed by atoms with E-state index in [1.807, 2.05) is 69.2 Å². The van der Waals surface area contributed by atoms with Crippen molar-refractivity contribution in [1.82, 2.24) is 0 Å². The van der Waals surface area contributed by atoms with Crippen molar-refractivity contribution in [1.29, 1.82) is 0 Å². The normalized spacial score (nSPS) is 13.5. The van der Waals surface area contributed by atoms with Crippen LogP contribution in [0.4, 0.5) is 17.1 Å². The Morgan fingerprint density at radius 2 is 1.58 bits per heavy atom. The molecule has 0 bridgehead atoms. The van der Waals surface area contributed by atoms with E-state index in [0.717, 1.165) is 22.5 Å². The highest BCUT2D eigenvalue weighted by Gasteiger charge is 2.40. The third kappa shape index (κ3) is 4.07. The molecular formula is C27H27N3O3. The van der Waals surface area contributed by atoms with Crippen molar-refractivity contribution in [3.05, 3.63) is 89.1 Å². The van der Waals surface area contributed by atoms with E-state index in [2.05, 4.69) is 5.32 Å². The van der Waals surface area contributed by atoms with Gasteiger partial charge in [0.25, 0.3) is 11.8 Å². The summed E-state index contributed by atoms with van der Waals surface area (Å²) < 4.78 is 5.26. The average molecular weight is 442 g/mol. The minimum absolute atomic E-state index is 0.258. The lowest BCUT2D eigenvalue weighted by molar-refractivity contribution is -0.120. The molecular weight excluding hydrogens is 414 g/mol. The van der Waals surface area contributed by atoms with Crippen LogP contribution in [-0.4, -0.2) is 33.0 Å². The number of ether oxygens (including phenoxy) is 1. The maximum absolute atomic E-state index is 13.7. The largest absolute Gasteiger partial charge is 0.497 e. The topological polar surface area (TPSA) is 61.9 Å². The standard InChI is InChI=1S/C27H27N3O3/c1-17-8-6-11-23(18(17)2)28-25-24(19-12-14-22(33-5)15-13-19)26(31)30(27(25)32)21-10-7-9-20(16-21)29(3)4/h6-16,28H,1-5H3. The zero-order valence-electron chi connectivity index (χ0n) is 19.5. The predicted molar refractivity (Wildman–Crippen MR) is 133 cm³/mol. The molecule has 0 fully saturated rings. The number of amides is 2. The van der Waals surface area contributed by atoms with Crippen LogP contribution in [0.25, 0.3) is 5.57 Å². The number of methoxy groups -OCH3 is 1. The van der Waals surface area contributed by atoms with Gasteiger partial charge in [-0.3, -0.25) is 9.59 Å². The number of aryl methyl sites for hydroxylation is 1. The Labute approximate surface area is 194 Å². The van der Waals surface area contributed by atoms with E-state index in [9.17, 15) is 9.59 Å². The minimum atomic E-state index is -0.386. The lowest BCUT2D eigenvalue weighted by Crippen LogP contribution is -2.32. The predicted octanol–water partition coefficient (Wildman–Crippen LogP) is 4.77. The number of hydrogen-bond acceptors (Lipinski definition) is 5. The first-order chi connectivity index (χ1) is 15.8. The summed E-state index contributed by atoms with van der Waals surface area (Å²) in [5.41, 5.74) is 5.57. The molecule has 0 aliphatic carbocycles. The molecule has 4 rings (SSSR count). The van der Waals surface area contributed by atoms with Gasteiger partial charge in [0.05, 0.1) is 18.4 Å². The number of hydrogen-bond donors (Lipinski definition) is 1. The monoisotopic (exact) mass is 441 g/mol. The molecule has 0 spiro atoms. The molecule has 3 aromatic carbocycles. The molecule has 0 aromatic heterocycles. The first-order valence-electron chi connectivity index (χ1n) is 10.7. The van der Waals surface area contributed by atoms with Crippen molar-refractivity contribution in [3.63, 3.8) is 0 Å². The maximum Gasteiger partial charge on any atom is 0.282 e. The van der Waals surface area contributed by atoms with Gasteiger partial charge in [-0.25, -0.2) is 4.90 Å². The number of carbonyl (C=O) groups excluding carboxylic acids is 2. The van der Waals surface area contributed by atoms with Crippen molar-refractivity contribution in [2.24, 2.45) is 0 Å². The maximum atomic E-state index is 13.7. The van der Waals surface area contributed by atoms with Gasteiger partial charge in [0.2, 0.25) is 0 Å². The van der Waals surface area contributed by atoms with Gasteiger partial charge >= 0.3 is 0 Å². The van der Waals surface area contributed by atoms with Gasteiger partial charge in [-0.05, 0) is 66.9 Å². The average Bonchev–Trinajstić information content (AvgIpc) is 3.06. The Kier molecular flexibility index (Phi) is 5.92. The van der Waals surface area contributed by atoms with Crippen molar-refractivity contribution in [2.75, 3.05) is 36.3 Å². The number of anilines is 3. The zero-order valence-corrected chi connectivity index (χ0v) is 19.5. The van der Waals surface area contributed by atoms with Gasteiger partial charge < -0.3 is 15.0 Å². The minimum Gasteiger partial charge on any atom is -0.497 e. The first kappa shape index (κ1) is 22.1. The molecule has 1 aliphatic rings. The Balaban J connectivity index is 1.84. The van der Waals surface area contributed by atoms with Gasteiger partial charge in [-0.1, -0.05) is 30.3 Å². The van der Waals surface area contributed by atoms with Crippen LogP contribution in [-0.2, 0) is 9.59 Å². The smallest absolute Gasteiger partial charge is 0.282 e. The number of benzene rings is 3. The fraction of sp³-hybridized carbons (Fsp3) is 0.185. The fourth-order valence-corrected chi connectivity index (χ4v) is 3.84. The lowest BCUT2D eigenvalue weighted by Gasteiger charge is -2.19. The van der Waals surface area contributed by atoms with Crippen molar-refractivity contribution in [2.45, 2.75) is 13.8 Å². The highest BCUT2D eigenvalue weighted by molar-refractivity contribution is 6.46. The van der Waals surface area contributed by atoms with Crippen molar-refractivity contribution in [3.8, 4) is 5.75 Å². The number of nitrogens with one attached hydrogen (secondary N) is 1. The summed E-state index contributed by atoms with van der Waals surface area (Å²) in [4.78, 5) is 30.5. The Morgan fingerprint density at radius 3 is 2.24 bits per heavy atom. The highest BCUT2D eigenvalue weighted by atomic mass is 16.5. The summed E-state index contributed by atoms with van der Waals surface area (Å²) in [7, 11) is 5.42. The van der Waals surface area contributed by atoms with Crippen LogP contribution in [0.15, 0.2) is 72.4 Å². The summed E-state index contributed by atoms with van der Waals surface area (Å²) in [6.45, 7) is 4.00. The van der Waals surface area contributed by atoms with Crippen LogP contribution in [0, 0.1) is 13.8 Å². The number of nitrogens with zero attached hydrogens (tertiary/aromatic N) is 2. The second kappa shape index (κ2) is 8.82. The van der Waals surface area contributed by atoms with E-state index in [4.69, 9.17) is 4.74 Å². The molecule has 0 saturated carbocycles. The molecule has 1 N–H and O–H groups in total. The van der Waals surface area contributed by atoms with Gasteiger partial charge in [0.1, 0.15) is 11.4 Å². The van der Waals surface area contributed by atoms with Gasteiger partial charge in [-0.2, -0.15) is 0 Å². The third-order valence-corrected chi connectivity index (χ3v) is 5.93. The quantitative estimate of drug-likeness (QED) is 0.558. The molecule has 0 atom stereocenters. The van der Waals surface area contributed by atoms with E-state index in [1.54, 1.807) is 37.4 Å². The fourth-order valence-electron chi connectivity index (χ4n) is 3.84. The molecule has 3 aromatic rings. The molecule has 33 heavy (non-hydrogen) atoms. The van der Waals surface area contributed by atoms with Gasteiger partial charge in [0, 0.05) is 25.5 Å². The Morgan fingerprint density at radius 1 is 0.879 bits per heavy atom. The molecule has 0 saturated heterocycles. The summed E-state index contributed by atoms with van der Waals surface area (Å²) in [6, 6.07) is 20.4. The summed E-state index contributed by atoms with van der Waals surface area (Å²) in [6.07, 6.45) is 0. The Hall–Kier alpha value is -4.06. The van der Waals surface area contributed by atoms with Gasteiger partial charge in [0.15, 0.2) is 0 Å². The molecule has 1 aliphatic heterocycles. The number of carbonyl (C=O) groups is 2. The van der Waals surface area contributed by atoms with E-state index < -0.39 is 0 Å². The SMILES string of the molecule is COc1ccc(C2=C(Nc3cccc(C)c3C)C(=O)N(c3cccc(N(C)C)c3)C2=O)cc1. The lowest BCUT2D eigenvalue weighted by atomic mass is 10.0. The van der Waals surface area contributed by atoms with Crippen LogP contribution in [0.3, 0.4) is 0 Å². The van der Waals surface area contributed by atoms with Crippen LogP contribution < -0.4 is 19.9 Å². The molecule has 0 unspecified atom stereocenters. The van der Waals surface area contributed by atoms with E-state index >= 15 is 0 Å². The summed E-state index contributed by atoms with van der Waals surface area (Å²) >= 11 is 0. The third-order valence-electron chi connectivity index (χ3n) is 5.93. The zero-order chi connectivity index (χ0) is 23.7. The second-order valence-electron chi connectivity index (χ2n) is 8.21. The van der Waals surface area contributed by atoms with E-state index in [0.29, 0.717) is 22.6 Å². The molecule has 6 nitrogen and oxygen atoms in total.